The van der Waals surface area contributed by atoms with Crippen LogP contribution in [0, 0.1) is 11.8 Å². The maximum absolute atomic E-state index is 13.2. The van der Waals surface area contributed by atoms with Gasteiger partial charge in [-0.2, -0.15) is 0 Å². The second-order valence-electron chi connectivity index (χ2n) is 6.42. The topological polar surface area (TPSA) is 69.4 Å². The molecule has 0 aliphatic carbocycles. The highest BCUT2D eigenvalue weighted by Gasteiger charge is 2.32. The first-order valence-electron chi connectivity index (χ1n) is 8.97. The lowest BCUT2D eigenvalue weighted by Crippen LogP contribution is -2.20. The van der Waals surface area contributed by atoms with Gasteiger partial charge >= 0.3 is 6.09 Å². The number of amides is 1. The van der Waals surface area contributed by atoms with Crippen LogP contribution in [-0.2, 0) is 9.09 Å². The lowest BCUT2D eigenvalue weighted by atomic mass is 10.0. The highest BCUT2D eigenvalue weighted by atomic mass is 31.2. The summed E-state index contributed by atoms with van der Waals surface area (Å²) in [6.07, 6.45) is 8.65. The Morgan fingerprint density at radius 2 is 1.36 bits per heavy atom. The van der Waals surface area contributed by atoms with E-state index in [4.69, 9.17) is 10.3 Å². The zero-order chi connectivity index (χ0) is 17.0. The molecule has 2 N–H and O–H groups in total. The molecule has 0 spiro atoms. The Hall–Kier alpha value is -0.500. The van der Waals surface area contributed by atoms with Gasteiger partial charge in [0, 0.05) is 12.3 Å². The average Bonchev–Trinajstić information content (AvgIpc) is 2.47. The summed E-state index contributed by atoms with van der Waals surface area (Å²) in [5.74, 6) is 0.711. The van der Waals surface area contributed by atoms with Crippen LogP contribution in [0.3, 0.4) is 0 Å². The summed E-state index contributed by atoms with van der Waals surface area (Å²) in [5.41, 5.74) is 5.18. The van der Waals surface area contributed by atoms with Crippen LogP contribution in [0.5, 0.6) is 0 Å². The molecular weight excluding hydrogens is 297 g/mol. The smallest absolute Gasteiger partial charge is 0.396 e. The Morgan fingerprint density at radius 1 is 0.955 bits per heavy atom. The van der Waals surface area contributed by atoms with Gasteiger partial charge in [0.2, 0.25) is 0 Å². The molecule has 0 saturated carbocycles. The van der Waals surface area contributed by atoms with Crippen molar-refractivity contribution in [3.8, 4) is 0 Å². The minimum Gasteiger partial charge on any atom is -0.396 e. The summed E-state index contributed by atoms with van der Waals surface area (Å²) < 4.78 is 18.3. The lowest BCUT2D eigenvalue weighted by Gasteiger charge is -2.26. The Balaban J connectivity index is 4.87. The monoisotopic (exact) mass is 333 g/mol. The van der Waals surface area contributed by atoms with Crippen LogP contribution < -0.4 is 5.73 Å². The van der Waals surface area contributed by atoms with Crippen LogP contribution in [0.4, 0.5) is 4.79 Å². The zero-order valence-electron chi connectivity index (χ0n) is 15.0. The minimum atomic E-state index is -2.98. The molecule has 1 amide bonds. The van der Waals surface area contributed by atoms with Crippen LogP contribution >= 0.6 is 7.37 Å². The average molecular weight is 333 g/mol. The number of carbonyl (C=O) groups excluding carboxylic acids is 1. The van der Waals surface area contributed by atoms with E-state index in [0.717, 1.165) is 51.4 Å². The van der Waals surface area contributed by atoms with Crippen molar-refractivity contribution in [3.05, 3.63) is 0 Å². The molecule has 0 heterocycles. The van der Waals surface area contributed by atoms with E-state index in [1.807, 2.05) is 0 Å². The molecule has 0 bridgehead atoms. The molecule has 0 aromatic rings. The Bertz CT molecular complexity index is 325. The van der Waals surface area contributed by atoms with Gasteiger partial charge in [0.1, 0.15) is 0 Å². The minimum absolute atomic E-state index is 0.355. The summed E-state index contributed by atoms with van der Waals surface area (Å²) in [6, 6.07) is 0. The second-order valence-corrected chi connectivity index (χ2v) is 8.96. The van der Waals surface area contributed by atoms with Gasteiger partial charge in [-0.05, 0) is 24.7 Å². The number of hydrogen-bond donors (Lipinski definition) is 1. The van der Waals surface area contributed by atoms with Gasteiger partial charge in [-0.25, -0.2) is 4.79 Å². The largest absolute Gasteiger partial charge is 0.409 e. The molecule has 0 saturated heterocycles. The van der Waals surface area contributed by atoms with Crippen LogP contribution in [-0.4, -0.2) is 18.4 Å². The highest BCUT2D eigenvalue weighted by molar-refractivity contribution is 7.59. The zero-order valence-corrected chi connectivity index (χ0v) is 15.9. The molecule has 0 aromatic carbocycles. The van der Waals surface area contributed by atoms with Crippen molar-refractivity contribution >= 4 is 13.5 Å². The molecule has 0 aliphatic rings. The highest BCUT2D eigenvalue weighted by Crippen LogP contribution is 2.52. The second kappa shape index (κ2) is 12.0. The fourth-order valence-electron chi connectivity index (χ4n) is 2.93. The van der Waals surface area contributed by atoms with Crippen LogP contribution in [0.1, 0.15) is 79.1 Å². The first-order valence-corrected chi connectivity index (χ1v) is 11.0. The first-order chi connectivity index (χ1) is 10.4. The number of carbonyl (C=O) groups is 1. The summed E-state index contributed by atoms with van der Waals surface area (Å²) >= 11 is 0. The van der Waals surface area contributed by atoms with E-state index in [0.29, 0.717) is 24.2 Å². The molecule has 132 valence electrons. The fraction of sp³-hybridized carbons (Fsp3) is 0.941. The third kappa shape index (κ3) is 9.50. The molecule has 22 heavy (non-hydrogen) atoms. The van der Waals surface area contributed by atoms with E-state index >= 15 is 0 Å². The molecular formula is C17H36NO3P. The lowest BCUT2D eigenvalue weighted by molar-refractivity contribution is 0.210. The molecule has 0 aromatic heterocycles. The van der Waals surface area contributed by atoms with Gasteiger partial charge in [-0.15, -0.1) is 0 Å². The van der Waals surface area contributed by atoms with Gasteiger partial charge in [0.25, 0.3) is 7.37 Å². The third-order valence-electron chi connectivity index (χ3n) is 4.42. The Labute approximate surface area is 137 Å². The fourth-order valence-corrected chi connectivity index (χ4v) is 6.02. The molecule has 5 heteroatoms. The molecule has 0 rings (SSSR count). The summed E-state index contributed by atoms with van der Waals surface area (Å²) in [7, 11) is -2.98. The number of nitrogens with two attached hydrogens (primary N) is 1. The van der Waals surface area contributed by atoms with E-state index in [2.05, 4.69) is 27.7 Å². The summed E-state index contributed by atoms with van der Waals surface area (Å²) in [6.45, 7) is 8.54. The molecule has 0 radical (unpaired) electrons. The maximum Gasteiger partial charge on any atom is 0.409 e. The van der Waals surface area contributed by atoms with Crippen molar-refractivity contribution in [1.29, 1.82) is 0 Å². The standard InChI is InChI=1S/C17H36NO3P/c1-5-9-11-15(7-3)13-22(20,21-17(18)19)14-16(8-4)12-10-6-2/h15-16H,5-14H2,1-4H3,(H2,18,19). The molecule has 2 unspecified atom stereocenters. The van der Waals surface area contributed by atoms with Crippen molar-refractivity contribution in [2.75, 3.05) is 12.3 Å². The Morgan fingerprint density at radius 3 is 1.64 bits per heavy atom. The van der Waals surface area contributed by atoms with Crippen molar-refractivity contribution in [2.24, 2.45) is 17.6 Å². The number of rotatable bonds is 13. The number of hydrogen-bond acceptors (Lipinski definition) is 3. The van der Waals surface area contributed by atoms with Gasteiger partial charge in [0.05, 0.1) is 0 Å². The van der Waals surface area contributed by atoms with E-state index in [1.54, 1.807) is 0 Å². The molecule has 0 aliphatic heterocycles. The van der Waals surface area contributed by atoms with E-state index in [1.165, 1.54) is 0 Å². The summed E-state index contributed by atoms with van der Waals surface area (Å²) in [4.78, 5) is 11.2. The first kappa shape index (κ1) is 21.5. The van der Waals surface area contributed by atoms with Crippen molar-refractivity contribution < 1.29 is 13.9 Å². The van der Waals surface area contributed by atoms with Gasteiger partial charge in [-0.1, -0.05) is 66.2 Å². The number of unbranched alkanes of at least 4 members (excludes halogenated alkanes) is 2. The summed E-state index contributed by atoms with van der Waals surface area (Å²) in [5, 5.41) is 0. The molecule has 2 atom stereocenters. The molecule has 4 nitrogen and oxygen atoms in total. The third-order valence-corrected chi connectivity index (χ3v) is 7.07. The van der Waals surface area contributed by atoms with Gasteiger partial charge in [0.15, 0.2) is 0 Å². The van der Waals surface area contributed by atoms with E-state index < -0.39 is 13.5 Å². The van der Waals surface area contributed by atoms with Crippen LogP contribution in [0.25, 0.3) is 0 Å². The maximum atomic E-state index is 13.2. The number of primary amides is 1. The predicted molar refractivity (Wildman–Crippen MR) is 94.6 cm³/mol. The normalized spacial score (nSPS) is 16.7. The van der Waals surface area contributed by atoms with Crippen molar-refractivity contribution in [2.45, 2.75) is 79.1 Å². The van der Waals surface area contributed by atoms with E-state index in [-0.39, 0.29) is 0 Å². The van der Waals surface area contributed by atoms with Gasteiger partial charge < -0.3 is 10.3 Å². The molecule has 0 fully saturated rings. The predicted octanol–water partition coefficient (Wildman–Crippen LogP) is 5.79. The quantitative estimate of drug-likeness (QED) is 0.433. The van der Waals surface area contributed by atoms with Crippen LogP contribution in [0.15, 0.2) is 0 Å². The van der Waals surface area contributed by atoms with Crippen molar-refractivity contribution in [1.82, 2.24) is 0 Å². The van der Waals surface area contributed by atoms with E-state index in [9.17, 15) is 9.36 Å². The Kier molecular flexibility index (Phi) is 11.7. The van der Waals surface area contributed by atoms with Crippen molar-refractivity contribution in [3.63, 3.8) is 0 Å². The van der Waals surface area contributed by atoms with Gasteiger partial charge in [-0.3, -0.25) is 4.57 Å². The van der Waals surface area contributed by atoms with Crippen LogP contribution in [0.2, 0.25) is 0 Å². The SMILES string of the molecule is CCCCC(CC)CP(=O)(CC(CC)CCCC)OC(N)=O.